The third-order valence-corrected chi connectivity index (χ3v) is 2.25. The molecule has 0 aliphatic heterocycles. The highest BCUT2D eigenvalue weighted by atomic mass is 16.4. The highest BCUT2D eigenvalue weighted by Gasteiger charge is 2.10. The first-order chi connectivity index (χ1) is 6.63. The molecular formula is C11H15NO2. The molecule has 0 amide bonds. The van der Waals surface area contributed by atoms with E-state index in [1.165, 1.54) is 0 Å². The number of hydrogen-bond acceptors (Lipinski definition) is 2. The number of carboxylic acids is 1. The quantitative estimate of drug-likeness (QED) is 0.676. The fourth-order valence-corrected chi connectivity index (χ4v) is 1.43. The SMILES string of the molecule is Cc1cccc(C[C@@H](C[NH3+])C(=O)[O-])c1. The van der Waals surface area contributed by atoms with Crippen LogP contribution < -0.4 is 10.8 Å². The van der Waals surface area contributed by atoms with Crippen molar-refractivity contribution in [1.29, 1.82) is 0 Å². The van der Waals surface area contributed by atoms with Crippen LogP contribution in [-0.2, 0) is 11.2 Å². The lowest BCUT2D eigenvalue weighted by atomic mass is 9.98. The first-order valence-corrected chi connectivity index (χ1v) is 4.69. The molecule has 1 rings (SSSR count). The summed E-state index contributed by atoms with van der Waals surface area (Å²) in [4.78, 5) is 10.7. The Balaban J connectivity index is 2.72. The maximum Gasteiger partial charge on any atom is 0.0824 e. The van der Waals surface area contributed by atoms with E-state index < -0.39 is 11.9 Å². The van der Waals surface area contributed by atoms with Crippen molar-refractivity contribution in [2.75, 3.05) is 6.54 Å². The van der Waals surface area contributed by atoms with Crippen molar-refractivity contribution < 1.29 is 15.6 Å². The monoisotopic (exact) mass is 193 g/mol. The number of aliphatic carboxylic acids is 1. The Hall–Kier alpha value is -1.35. The lowest BCUT2D eigenvalue weighted by molar-refractivity contribution is -0.387. The van der Waals surface area contributed by atoms with Crippen molar-refractivity contribution >= 4 is 5.97 Å². The van der Waals surface area contributed by atoms with Gasteiger partial charge in [0.25, 0.3) is 0 Å². The molecule has 76 valence electrons. The van der Waals surface area contributed by atoms with Crippen LogP contribution in [-0.4, -0.2) is 12.5 Å². The molecular weight excluding hydrogens is 178 g/mol. The lowest BCUT2D eigenvalue weighted by Gasteiger charge is -2.13. The molecule has 0 spiro atoms. The van der Waals surface area contributed by atoms with Crippen molar-refractivity contribution in [1.82, 2.24) is 0 Å². The molecule has 0 aliphatic rings. The number of carbonyl (C=O) groups is 1. The van der Waals surface area contributed by atoms with Crippen LogP contribution >= 0.6 is 0 Å². The minimum atomic E-state index is -1.01. The number of rotatable bonds is 4. The molecule has 0 saturated carbocycles. The predicted molar refractivity (Wildman–Crippen MR) is 51.1 cm³/mol. The smallest absolute Gasteiger partial charge is 0.0824 e. The first-order valence-electron chi connectivity index (χ1n) is 4.69. The summed E-state index contributed by atoms with van der Waals surface area (Å²) in [5, 5.41) is 10.7. The van der Waals surface area contributed by atoms with Gasteiger partial charge >= 0.3 is 0 Å². The molecule has 0 fully saturated rings. The molecule has 3 heteroatoms. The van der Waals surface area contributed by atoms with Crippen LogP contribution in [0, 0.1) is 12.8 Å². The lowest BCUT2D eigenvalue weighted by Crippen LogP contribution is -2.57. The largest absolute Gasteiger partial charge is 0.550 e. The third kappa shape index (κ3) is 2.85. The summed E-state index contributed by atoms with van der Waals surface area (Å²) in [7, 11) is 0. The van der Waals surface area contributed by atoms with Gasteiger partial charge in [0.1, 0.15) is 0 Å². The average Bonchev–Trinajstić information content (AvgIpc) is 2.14. The van der Waals surface area contributed by atoms with Crippen molar-refractivity contribution in [3.8, 4) is 0 Å². The summed E-state index contributed by atoms with van der Waals surface area (Å²) in [5.74, 6) is -1.49. The normalized spacial score (nSPS) is 12.4. The second-order valence-electron chi connectivity index (χ2n) is 3.50. The van der Waals surface area contributed by atoms with E-state index in [0.717, 1.165) is 11.1 Å². The van der Waals surface area contributed by atoms with Crippen LogP contribution in [0.5, 0.6) is 0 Å². The zero-order chi connectivity index (χ0) is 10.6. The number of carboxylic acid groups (broad SMARTS) is 1. The third-order valence-electron chi connectivity index (χ3n) is 2.25. The Labute approximate surface area is 83.6 Å². The number of quaternary nitrogens is 1. The molecule has 0 saturated heterocycles. The Bertz CT molecular complexity index is 323. The maximum atomic E-state index is 10.7. The molecule has 0 unspecified atom stereocenters. The second-order valence-corrected chi connectivity index (χ2v) is 3.50. The Morgan fingerprint density at radius 3 is 2.79 bits per heavy atom. The maximum absolute atomic E-state index is 10.7. The van der Waals surface area contributed by atoms with Gasteiger partial charge in [0.05, 0.1) is 18.4 Å². The summed E-state index contributed by atoms with van der Waals surface area (Å²) in [6, 6.07) is 7.84. The zero-order valence-electron chi connectivity index (χ0n) is 8.32. The van der Waals surface area contributed by atoms with Gasteiger partial charge in [-0.15, -0.1) is 0 Å². The van der Waals surface area contributed by atoms with E-state index in [-0.39, 0.29) is 0 Å². The van der Waals surface area contributed by atoms with Gasteiger partial charge in [0.15, 0.2) is 0 Å². The Morgan fingerprint density at radius 2 is 2.29 bits per heavy atom. The van der Waals surface area contributed by atoms with Crippen LogP contribution in [0.25, 0.3) is 0 Å². The van der Waals surface area contributed by atoms with Gasteiger partial charge in [-0.05, 0) is 18.9 Å². The van der Waals surface area contributed by atoms with Crippen molar-refractivity contribution in [2.45, 2.75) is 13.3 Å². The summed E-state index contributed by atoms with van der Waals surface area (Å²) < 4.78 is 0. The van der Waals surface area contributed by atoms with Crippen molar-refractivity contribution in [3.05, 3.63) is 35.4 Å². The average molecular weight is 193 g/mol. The first kappa shape index (κ1) is 10.7. The molecule has 0 heterocycles. The van der Waals surface area contributed by atoms with Crippen molar-refractivity contribution in [3.63, 3.8) is 0 Å². The fraction of sp³-hybridized carbons (Fsp3) is 0.364. The molecule has 14 heavy (non-hydrogen) atoms. The van der Waals surface area contributed by atoms with Crippen LogP contribution in [0.1, 0.15) is 11.1 Å². The minimum Gasteiger partial charge on any atom is -0.550 e. The molecule has 1 aromatic carbocycles. The highest BCUT2D eigenvalue weighted by molar-refractivity contribution is 5.68. The zero-order valence-corrected chi connectivity index (χ0v) is 8.32. The molecule has 0 bridgehead atoms. The predicted octanol–water partition coefficient (Wildman–Crippen LogP) is -0.854. The summed E-state index contributed by atoms with van der Waals surface area (Å²) in [6.07, 6.45) is 0.507. The van der Waals surface area contributed by atoms with E-state index in [1.54, 1.807) is 0 Å². The molecule has 3 nitrogen and oxygen atoms in total. The summed E-state index contributed by atoms with van der Waals surface area (Å²) in [6.45, 7) is 2.36. The molecule has 0 aliphatic carbocycles. The molecule has 1 aromatic rings. The number of benzene rings is 1. The molecule has 1 atom stereocenters. The molecule has 0 aromatic heterocycles. The van der Waals surface area contributed by atoms with Crippen LogP contribution in [0.4, 0.5) is 0 Å². The molecule has 0 radical (unpaired) electrons. The van der Waals surface area contributed by atoms with E-state index in [0.29, 0.717) is 13.0 Å². The van der Waals surface area contributed by atoms with Crippen molar-refractivity contribution in [2.24, 2.45) is 5.92 Å². The topological polar surface area (TPSA) is 67.8 Å². The van der Waals surface area contributed by atoms with E-state index in [9.17, 15) is 9.90 Å². The Morgan fingerprint density at radius 1 is 1.57 bits per heavy atom. The second kappa shape index (κ2) is 4.77. The van der Waals surface area contributed by atoms with Gasteiger partial charge in [0, 0.05) is 0 Å². The number of aryl methyl sites for hydroxylation is 1. The van der Waals surface area contributed by atoms with Gasteiger partial charge < -0.3 is 15.6 Å². The minimum absolute atomic E-state index is 0.371. The van der Waals surface area contributed by atoms with E-state index in [1.807, 2.05) is 31.2 Å². The fourth-order valence-electron chi connectivity index (χ4n) is 1.43. The van der Waals surface area contributed by atoms with E-state index >= 15 is 0 Å². The standard InChI is InChI=1S/C11H15NO2/c1-8-3-2-4-9(5-8)6-10(7-12)11(13)14/h2-5,10H,6-7,12H2,1H3,(H,13,14)/t10-/m0/s1. The molecule has 3 N–H and O–H groups in total. The summed E-state index contributed by atoms with van der Waals surface area (Å²) >= 11 is 0. The number of hydrogen-bond donors (Lipinski definition) is 1. The van der Waals surface area contributed by atoms with Gasteiger partial charge in [-0.1, -0.05) is 29.8 Å². The van der Waals surface area contributed by atoms with E-state index in [4.69, 9.17) is 0 Å². The Kier molecular flexibility index (Phi) is 3.65. The van der Waals surface area contributed by atoms with Crippen LogP contribution in [0.3, 0.4) is 0 Å². The van der Waals surface area contributed by atoms with Gasteiger partial charge in [-0.3, -0.25) is 0 Å². The number of carbonyl (C=O) groups excluding carboxylic acids is 1. The van der Waals surface area contributed by atoms with Crippen LogP contribution in [0.15, 0.2) is 24.3 Å². The van der Waals surface area contributed by atoms with Gasteiger partial charge in [0.2, 0.25) is 0 Å². The summed E-state index contributed by atoms with van der Waals surface area (Å²) in [5.41, 5.74) is 5.78. The van der Waals surface area contributed by atoms with Gasteiger partial charge in [-0.25, -0.2) is 0 Å². The van der Waals surface area contributed by atoms with Gasteiger partial charge in [-0.2, -0.15) is 0 Å². The highest BCUT2D eigenvalue weighted by Crippen LogP contribution is 2.09. The van der Waals surface area contributed by atoms with E-state index in [2.05, 4.69) is 5.73 Å². The van der Waals surface area contributed by atoms with Crippen LogP contribution in [0.2, 0.25) is 0 Å².